The van der Waals surface area contributed by atoms with Crippen molar-refractivity contribution in [1.82, 2.24) is 0 Å². The molecule has 30 heavy (non-hydrogen) atoms. The van der Waals surface area contributed by atoms with Crippen molar-refractivity contribution in [1.29, 1.82) is 0 Å². The highest BCUT2D eigenvalue weighted by atomic mass is 16.6. The van der Waals surface area contributed by atoms with Gasteiger partial charge in [0.1, 0.15) is 6.10 Å². The topological polar surface area (TPSA) is 79.9 Å². The Hall–Kier alpha value is -1.85. The van der Waals surface area contributed by atoms with Crippen LogP contribution in [0.15, 0.2) is 46.8 Å². The van der Waals surface area contributed by atoms with Crippen molar-refractivity contribution < 1.29 is 24.2 Å². The van der Waals surface area contributed by atoms with Crippen molar-refractivity contribution in [3.8, 4) is 0 Å². The number of furan rings is 1. The Labute approximate surface area is 179 Å². The van der Waals surface area contributed by atoms with Crippen molar-refractivity contribution in [3.05, 3.63) is 48.0 Å². The second kappa shape index (κ2) is 8.72. The van der Waals surface area contributed by atoms with Gasteiger partial charge in [0.2, 0.25) is 0 Å². The van der Waals surface area contributed by atoms with Crippen LogP contribution >= 0.6 is 0 Å². The summed E-state index contributed by atoms with van der Waals surface area (Å²) in [5.74, 6) is -0.0934. The quantitative estimate of drug-likeness (QED) is 0.407. The van der Waals surface area contributed by atoms with E-state index in [-0.39, 0.29) is 23.9 Å². The van der Waals surface area contributed by atoms with Gasteiger partial charge in [0.05, 0.1) is 25.2 Å². The zero-order valence-corrected chi connectivity index (χ0v) is 18.7. The standard InChI is InChI=1S/C25H36O5/c1-6-16(2)23(28)30-22-20(27)13-24(4)19(9-8-18-11-12-29-14-18)17(3)7-10-21(24)25(22,5)15-26/h6,11-12,14,19-22,26-27H,3,7-10,13,15H2,1-2,4-5H3. The summed E-state index contributed by atoms with van der Waals surface area (Å²) in [7, 11) is 0. The van der Waals surface area contributed by atoms with E-state index in [1.54, 1.807) is 32.4 Å². The Morgan fingerprint density at radius 3 is 2.77 bits per heavy atom. The molecule has 2 aliphatic carbocycles. The van der Waals surface area contributed by atoms with Crippen LogP contribution in [0.1, 0.15) is 58.9 Å². The number of aryl methyl sites for hydroxylation is 1. The number of aliphatic hydroxyl groups is 2. The Balaban J connectivity index is 1.90. The number of rotatable bonds is 6. The number of carbonyl (C=O) groups is 1. The molecule has 0 spiro atoms. The molecule has 2 aliphatic rings. The van der Waals surface area contributed by atoms with Crippen LogP contribution in [0.25, 0.3) is 0 Å². The van der Waals surface area contributed by atoms with Crippen LogP contribution in [0.2, 0.25) is 0 Å². The largest absolute Gasteiger partial charge is 0.472 e. The van der Waals surface area contributed by atoms with Gasteiger partial charge in [0, 0.05) is 11.0 Å². The molecule has 2 fully saturated rings. The number of esters is 1. The Kier molecular flexibility index (Phi) is 6.63. The first-order valence-corrected chi connectivity index (χ1v) is 11.0. The second-order valence-electron chi connectivity index (χ2n) is 9.71. The number of hydrogen-bond donors (Lipinski definition) is 2. The third kappa shape index (κ3) is 3.90. The van der Waals surface area contributed by atoms with E-state index < -0.39 is 23.6 Å². The van der Waals surface area contributed by atoms with E-state index in [0.29, 0.717) is 12.0 Å². The van der Waals surface area contributed by atoms with Gasteiger partial charge in [-0.2, -0.15) is 0 Å². The Bertz CT molecular complexity index is 794. The lowest BCUT2D eigenvalue weighted by Gasteiger charge is -2.61. The van der Waals surface area contributed by atoms with E-state index in [9.17, 15) is 15.0 Å². The highest BCUT2D eigenvalue weighted by Crippen LogP contribution is 2.62. The molecule has 166 valence electrons. The number of allylic oxidation sites excluding steroid dienone is 2. The first-order chi connectivity index (χ1) is 14.2. The van der Waals surface area contributed by atoms with Crippen molar-refractivity contribution in [2.24, 2.45) is 22.7 Å². The molecule has 0 amide bonds. The molecule has 5 nitrogen and oxygen atoms in total. The lowest BCUT2D eigenvalue weighted by atomic mass is 9.45. The van der Waals surface area contributed by atoms with Crippen LogP contribution in [0.3, 0.4) is 0 Å². The normalized spacial score (nSPS) is 37.0. The van der Waals surface area contributed by atoms with Crippen LogP contribution in [0, 0.1) is 22.7 Å². The molecule has 0 saturated heterocycles. The van der Waals surface area contributed by atoms with Gasteiger partial charge in [0.25, 0.3) is 0 Å². The van der Waals surface area contributed by atoms with Gasteiger partial charge in [-0.05, 0) is 74.8 Å². The first-order valence-electron chi connectivity index (χ1n) is 11.0. The van der Waals surface area contributed by atoms with Crippen molar-refractivity contribution in [3.63, 3.8) is 0 Å². The fraction of sp³-hybridized carbons (Fsp3) is 0.640. The molecule has 1 heterocycles. The zero-order valence-electron chi connectivity index (χ0n) is 18.7. The van der Waals surface area contributed by atoms with Crippen molar-refractivity contribution in [2.75, 3.05) is 6.61 Å². The molecule has 0 aliphatic heterocycles. The van der Waals surface area contributed by atoms with E-state index >= 15 is 0 Å². The van der Waals surface area contributed by atoms with E-state index in [4.69, 9.17) is 9.15 Å². The molecular weight excluding hydrogens is 380 g/mol. The predicted octanol–water partition coefficient (Wildman–Crippen LogP) is 4.44. The van der Waals surface area contributed by atoms with Gasteiger partial charge in [0.15, 0.2) is 0 Å². The summed E-state index contributed by atoms with van der Waals surface area (Å²) < 4.78 is 11.0. The zero-order chi connectivity index (χ0) is 22.1. The third-order valence-corrected chi connectivity index (χ3v) is 7.91. The number of carbonyl (C=O) groups excluding carboxylic acids is 1. The molecule has 0 bridgehead atoms. The van der Waals surface area contributed by atoms with Gasteiger partial charge in [-0.3, -0.25) is 0 Å². The average Bonchev–Trinajstić information content (AvgIpc) is 3.23. The molecule has 3 rings (SSSR count). The Morgan fingerprint density at radius 2 is 2.17 bits per heavy atom. The fourth-order valence-electron chi connectivity index (χ4n) is 6.13. The first kappa shape index (κ1) is 22.8. The Morgan fingerprint density at radius 1 is 1.43 bits per heavy atom. The minimum Gasteiger partial charge on any atom is -0.472 e. The number of aliphatic hydroxyl groups excluding tert-OH is 2. The summed E-state index contributed by atoms with van der Waals surface area (Å²) in [6, 6.07) is 1.98. The van der Waals surface area contributed by atoms with Crippen LogP contribution in [0.5, 0.6) is 0 Å². The lowest BCUT2D eigenvalue weighted by molar-refractivity contribution is -0.216. The van der Waals surface area contributed by atoms with E-state index in [1.165, 1.54) is 5.57 Å². The monoisotopic (exact) mass is 416 g/mol. The smallest absolute Gasteiger partial charge is 0.333 e. The molecule has 6 unspecified atom stereocenters. The molecule has 2 N–H and O–H groups in total. The van der Waals surface area contributed by atoms with Gasteiger partial charge < -0.3 is 19.4 Å². The van der Waals surface area contributed by atoms with Crippen LogP contribution in [-0.2, 0) is 16.0 Å². The van der Waals surface area contributed by atoms with Gasteiger partial charge >= 0.3 is 5.97 Å². The molecular formula is C25H36O5. The van der Waals surface area contributed by atoms with Crippen molar-refractivity contribution >= 4 is 5.97 Å². The SMILES string of the molecule is C=C1CCC2C(C)(CC(O)C(OC(=O)C(C)=CC)C2(C)CO)C1CCc1ccoc1. The van der Waals surface area contributed by atoms with Gasteiger partial charge in [-0.25, -0.2) is 4.79 Å². The average molecular weight is 417 g/mol. The molecule has 6 atom stereocenters. The summed E-state index contributed by atoms with van der Waals surface area (Å²) in [4.78, 5) is 12.5. The maximum atomic E-state index is 12.5. The number of fused-ring (bicyclic) bond motifs is 1. The number of hydrogen-bond acceptors (Lipinski definition) is 5. The highest BCUT2D eigenvalue weighted by Gasteiger charge is 2.61. The van der Waals surface area contributed by atoms with Crippen LogP contribution < -0.4 is 0 Å². The summed E-state index contributed by atoms with van der Waals surface area (Å²) >= 11 is 0. The predicted molar refractivity (Wildman–Crippen MR) is 116 cm³/mol. The molecule has 1 aromatic rings. The highest BCUT2D eigenvalue weighted by molar-refractivity contribution is 5.87. The fourth-order valence-corrected chi connectivity index (χ4v) is 6.13. The molecule has 2 saturated carbocycles. The maximum Gasteiger partial charge on any atom is 0.333 e. The van der Waals surface area contributed by atoms with Crippen molar-refractivity contribution in [2.45, 2.75) is 72.0 Å². The van der Waals surface area contributed by atoms with E-state index in [0.717, 1.165) is 31.2 Å². The lowest BCUT2D eigenvalue weighted by Crippen LogP contribution is -2.63. The molecule has 1 aromatic heterocycles. The minimum atomic E-state index is -0.834. The second-order valence-corrected chi connectivity index (χ2v) is 9.71. The van der Waals surface area contributed by atoms with E-state index in [2.05, 4.69) is 13.5 Å². The minimum absolute atomic E-state index is 0.113. The molecule has 0 aromatic carbocycles. The van der Waals surface area contributed by atoms with Gasteiger partial charge in [-0.1, -0.05) is 32.1 Å². The molecule has 0 radical (unpaired) electrons. The van der Waals surface area contributed by atoms with E-state index in [1.807, 2.05) is 13.0 Å². The number of ether oxygens (including phenoxy) is 1. The van der Waals surface area contributed by atoms with Crippen LogP contribution in [0.4, 0.5) is 0 Å². The van der Waals surface area contributed by atoms with Gasteiger partial charge in [-0.15, -0.1) is 0 Å². The third-order valence-electron chi connectivity index (χ3n) is 7.91. The summed E-state index contributed by atoms with van der Waals surface area (Å²) in [6.07, 6.45) is 7.68. The van der Waals surface area contributed by atoms with Crippen LogP contribution in [-0.4, -0.2) is 35.0 Å². The molecule has 5 heteroatoms. The summed E-state index contributed by atoms with van der Waals surface area (Å²) in [5, 5.41) is 21.6. The summed E-state index contributed by atoms with van der Waals surface area (Å²) in [5.41, 5.74) is 1.93. The maximum absolute atomic E-state index is 12.5. The summed E-state index contributed by atoms with van der Waals surface area (Å²) in [6.45, 7) is 11.9.